The van der Waals surface area contributed by atoms with Crippen LogP contribution in [0.3, 0.4) is 0 Å². The first-order chi connectivity index (χ1) is 18.0. The number of rotatable bonds is 8. The minimum Gasteiger partial charge on any atom is -0.356 e. The molecule has 0 bridgehead atoms. The Morgan fingerprint density at radius 2 is 1.78 bits per heavy atom. The van der Waals surface area contributed by atoms with Crippen molar-refractivity contribution < 1.29 is 9.18 Å². The second-order valence-electron chi connectivity index (χ2n) is 10.9. The molecule has 2 fully saturated rings. The zero-order valence-electron chi connectivity index (χ0n) is 22.2. The van der Waals surface area contributed by atoms with Gasteiger partial charge in [0.05, 0.1) is 17.6 Å². The van der Waals surface area contributed by atoms with Gasteiger partial charge in [-0.2, -0.15) is 0 Å². The highest BCUT2D eigenvalue weighted by molar-refractivity contribution is 5.80. The number of nitrogens with zero attached hydrogens (tertiary/aromatic N) is 4. The van der Waals surface area contributed by atoms with Crippen molar-refractivity contribution in [3.8, 4) is 0 Å². The Kier molecular flexibility index (Phi) is 8.08. The van der Waals surface area contributed by atoms with Crippen LogP contribution in [0.1, 0.15) is 57.9 Å². The zero-order valence-corrected chi connectivity index (χ0v) is 22.2. The lowest BCUT2D eigenvalue weighted by molar-refractivity contribution is -0.125. The van der Waals surface area contributed by atoms with E-state index in [9.17, 15) is 9.18 Å². The summed E-state index contributed by atoms with van der Waals surface area (Å²) < 4.78 is 16.0. The highest BCUT2D eigenvalue weighted by Crippen LogP contribution is 2.28. The van der Waals surface area contributed by atoms with Crippen molar-refractivity contribution >= 4 is 22.9 Å². The molecule has 0 spiro atoms. The fourth-order valence-electron chi connectivity index (χ4n) is 6.15. The van der Waals surface area contributed by atoms with E-state index in [0.29, 0.717) is 18.6 Å². The van der Waals surface area contributed by atoms with Gasteiger partial charge >= 0.3 is 0 Å². The van der Waals surface area contributed by atoms with Crippen molar-refractivity contribution in [1.82, 2.24) is 19.8 Å². The number of hydrogen-bond acceptors (Lipinski definition) is 4. The molecule has 2 aliphatic rings. The number of amides is 1. The van der Waals surface area contributed by atoms with Crippen LogP contribution in [0.5, 0.6) is 0 Å². The van der Waals surface area contributed by atoms with E-state index < -0.39 is 0 Å². The van der Waals surface area contributed by atoms with E-state index in [4.69, 9.17) is 4.98 Å². The minimum atomic E-state index is -0.227. The number of hydrogen-bond donors (Lipinski definition) is 1. The second kappa shape index (κ2) is 11.6. The molecular formula is C30H40FN5O. The molecule has 2 aromatic carbocycles. The molecular weight excluding hydrogens is 465 g/mol. The van der Waals surface area contributed by atoms with E-state index in [0.717, 1.165) is 68.0 Å². The monoisotopic (exact) mass is 505 g/mol. The number of carbonyl (C=O) groups excluding carboxylic acids is 1. The topological polar surface area (TPSA) is 53.4 Å². The van der Waals surface area contributed by atoms with Crippen molar-refractivity contribution in [2.75, 3.05) is 31.1 Å². The lowest BCUT2D eigenvalue weighted by Gasteiger charge is -2.39. The van der Waals surface area contributed by atoms with Crippen molar-refractivity contribution in [3.63, 3.8) is 0 Å². The number of benzene rings is 2. The number of para-hydroxylation sites is 2. The summed E-state index contributed by atoms with van der Waals surface area (Å²) in [5, 5.41) is 3.21. The van der Waals surface area contributed by atoms with Gasteiger partial charge in [-0.25, -0.2) is 9.37 Å². The van der Waals surface area contributed by atoms with Crippen LogP contribution in [-0.4, -0.2) is 58.6 Å². The summed E-state index contributed by atoms with van der Waals surface area (Å²) in [6, 6.07) is 16.1. The first kappa shape index (κ1) is 25.7. The molecule has 0 unspecified atom stereocenters. The number of nitrogens with one attached hydrogen (secondary N) is 1. The smallest absolute Gasteiger partial charge is 0.223 e. The van der Waals surface area contributed by atoms with E-state index in [1.165, 1.54) is 25.3 Å². The maximum absolute atomic E-state index is 13.8. The molecule has 198 valence electrons. The first-order valence-corrected chi connectivity index (χ1v) is 14.0. The van der Waals surface area contributed by atoms with Gasteiger partial charge in [0.1, 0.15) is 5.82 Å². The predicted molar refractivity (Wildman–Crippen MR) is 147 cm³/mol. The normalized spacial score (nSPS) is 21.4. The Balaban J connectivity index is 1.17. The van der Waals surface area contributed by atoms with Gasteiger partial charge in [-0.15, -0.1) is 0 Å². The van der Waals surface area contributed by atoms with E-state index in [1.54, 1.807) is 12.1 Å². The molecule has 5 rings (SSSR count). The van der Waals surface area contributed by atoms with Gasteiger partial charge < -0.3 is 14.8 Å². The average Bonchev–Trinajstić information content (AvgIpc) is 3.26. The summed E-state index contributed by atoms with van der Waals surface area (Å²) in [6.07, 6.45) is 6.53. The summed E-state index contributed by atoms with van der Waals surface area (Å²) in [5.41, 5.74) is 2.89. The van der Waals surface area contributed by atoms with E-state index >= 15 is 0 Å². The fraction of sp³-hybridized carbons (Fsp3) is 0.533. The van der Waals surface area contributed by atoms with Crippen LogP contribution in [-0.2, 0) is 11.3 Å². The third-order valence-electron chi connectivity index (χ3n) is 8.28. The molecule has 1 amide bonds. The number of fused-ring (bicyclic) bond motifs is 1. The van der Waals surface area contributed by atoms with Crippen LogP contribution in [0.25, 0.3) is 11.0 Å². The molecule has 1 N–H and O–H groups in total. The number of carbonyl (C=O) groups is 1. The molecule has 2 aliphatic heterocycles. The van der Waals surface area contributed by atoms with Gasteiger partial charge in [0, 0.05) is 44.2 Å². The Bertz CT molecular complexity index is 1190. The number of piperidine rings is 2. The average molecular weight is 506 g/mol. The highest BCUT2D eigenvalue weighted by atomic mass is 19.1. The maximum Gasteiger partial charge on any atom is 0.223 e. The lowest BCUT2D eigenvalue weighted by Crippen LogP contribution is -2.45. The Morgan fingerprint density at radius 1 is 1.03 bits per heavy atom. The zero-order chi connectivity index (χ0) is 25.8. The molecule has 3 aromatic rings. The predicted octanol–water partition coefficient (Wildman–Crippen LogP) is 5.21. The van der Waals surface area contributed by atoms with E-state index in [-0.39, 0.29) is 17.6 Å². The van der Waals surface area contributed by atoms with Crippen LogP contribution in [0, 0.1) is 11.7 Å². The van der Waals surface area contributed by atoms with Crippen LogP contribution in [0.15, 0.2) is 48.5 Å². The van der Waals surface area contributed by atoms with Crippen LogP contribution >= 0.6 is 0 Å². The van der Waals surface area contributed by atoms with Gasteiger partial charge in [-0.3, -0.25) is 9.69 Å². The molecule has 1 aromatic heterocycles. The molecule has 0 aliphatic carbocycles. The van der Waals surface area contributed by atoms with Crippen molar-refractivity contribution in [1.29, 1.82) is 0 Å². The Labute approximate surface area is 219 Å². The van der Waals surface area contributed by atoms with Gasteiger partial charge in [-0.1, -0.05) is 30.7 Å². The quantitative estimate of drug-likeness (QED) is 0.427. The summed E-state index contributed by atoms with van der Waals surface area (Å²) in [4.78, 5) is 22.7. The number of aromatic nitrogens is 2. The molecule has 3 heterocycles. The fourth-order valence-corrected chi connectivity index (χ4v) is 6.15. The number of anilines is 1. The molecule has 0 radical (unpaired) electrons. The summed E-state index contributed by atoms with van der Waals surface area (Å²) in [6.45, 7) is 8.59. The SMILES string of the molecule is C[C@H]1CCC[C@H](C)N1CCCNC(=O)C1CCN(c2nc3ccccc3n2Cc2cccc(F)c2)CC1. The third-order valence-corrected chi connectivity index (χ3v) is 8.28. The molecule has 6 nitrogen and oxygen atoms in total. The van der Waals surface area contributed by atoms with Gasteiger partial charge in [0.2, 0.25) is 11.9 Å². The van der Waals surface area contributed by atoms with Gasteiger partial charge in [0.15, 0.2) is 0 Å². The largest absolute Gasteiger partial charge is 0.356 e. The Hall–Kier alpha value is -2.93. The van der Waals surface area contributed by atoms with Crippen LogP contribution < -0.4 is 10.2 Å². The molecule has 0 saturated carbocycles. The van der Waals surface area contributed by atoms with E-state index in [1.807, 2.05) is 24.3 Å². The Morgan fingerprint density at radius 3 is 2.54 bits per heavy atom. The summed E-state index contributed by atoms with van der Waals surface area (Å²) >= 11 is 0. The number of imidazole rings is 1. The van der Waals surface area contributed by atoms with Crippen molar-refractivity contribution in [2.45, 2.75) is 71.0 Å². The van der Waals surface area contributed by atoms with Crippen molar-refractivity contribution in [2.24, 2.45) is 5.92 Å². The minimum absolute atomic E-state index is 0.0464. The summed E-state index contributed by atoms with van der Waals surface area (Å²) in [5.74, 6) is 0.905. The number of halogens is 1. The third kappa shape index (κ3) is 5.98. The van der Waals surface area contributed by atoms with Crippen molar-refractivity contribution in [3.05, 3.63) is 59.9 Å². The molecule has 2 atom stereocenters. The highest BCUT2D eigenvalue weighted by Gasteiger charge is 2.28. The molecule has 37 heavy (non-hydrogen) atoms. The number of likely N-dealkylation sites (tertiary alicyclic amines) is 1. The second-order valence-corrected chi connectivity index (χ2v) is 10.9. The van der Waals surface area contributed by atoms with Crippen LogP contribution in [0.4, 0.5) is 10.3 Å². The maximum atomic E-state index is 13.8. The summed E-state index contributed by atoms with van der Waals surface area (Å²) in [7, 11) is 0. The van der Waals surface area contributed by atoms with Crippen LogP contribution in [0.2, 0.25) is 0 Å². The van der Waals surface area contributed by atoms with E-state index in [2.05, 4.69) is 39.6 Å². The van der Waals surface area contributed by atoms with Gasteiger partial charge in [-0.05, 0) is 75.8 Å². The first-order valence-electron chi connectivity index (χ1n) is 14.0. The lowest BCUT2D eigenvalue weighted by atomic mass is 9.96. The standard InChI is InChI=1S/C30H40FN5O/c1-22-8-5-9-23(2)35(22)17-7-16-32-29(37)25-14-18-34(19-15-25)30-33-27-12-3-4-13-28(27)36(30)21-24-10-6-11-26(31)20-24/h3-4,6,10-13,20,22-23,25H,5,7-9,14-19,21H2,1-2H3,(H,32,37)/t22-,23-/m0/s1. The molecule has 2 saturated heterocycles. The molecule has 7 heteroatoms. The van der Waals surface area contributed by atoms with Gasteiger partial charge in [0.25, 0.3) is 0 Å².